The Morgan fingerprint density at radius 3 is 1.50 bits per heavy atom. The normalized spacial score (nSPS) is 12.9. The second kappa shape index (κ2) is 12.5. The molecule has 0 aliphatic heterocycles. The molecule has 2 heteroatoms. The zero-order valence-electron chi connectivity index (χ0n) is 30.8. The van der Waals surface area contributed by atoms with Gasteiger partial charge in [0.2, 0.25) is 0 Å². The molecule has 0 heterocycles. The molecule has 54 heavy (non-hydrogen) atoms. The number of anilines is 6. The molecule has 0 amide bonds. The monoisotopic (exact) mass is 692 g/mol. The number of hydrogen-bond donors (Lipinski definition) is 0. The Hall–Kier alpha value is -6.64. The maximum atomic E-state index is 2.43. The van der Waals surface area contributed by atoms with E-state index >= 15 is 0 Å². The molecule has 9 aromatic carbocycles. The van der Waals surface area contributed by atoms with Crippen LogP contribution in [0.1, 0.15) is 30.5 Å². The molecule has 0 spiro atoms. The Kier molecular flexibility index (Phi) is 7.42. The van der Waals surface area contributed by atoms with Crippen LogP contribution < -0.4 is 9.80 Å². The summed E-state index contributed by atoms with van der Waals surface area (Å²) in [5.74, 6) is 0. The van der Waals surface area contributed by atoms with Gasteiger partial charge in [-0.2, -0.15) is 0 Å². The van der Waals surface area contributed by atoms with Crippen LogP contribution in [0, 0.1) is 6.92 Å². The highest BCUT2D eigenvalue weighted by Crippen LogP contribution is 2.57. The molecule has 2 nitrogen and oxygen atoms in total. The molecule has 10 rings (SSSR count). The minimum atomic E-state index is -0.232. The standard InChI is InChI=1S/C52H40N2/c1-35-16-15-23-40(32-35)54(39-21-11-6-12-22-39)41-27-30-43-36(33-41)26-29-47-49-45-25-14-13-24-44(45)48-34-42(28-31-46(48)51(49)52(2,3)50(43)47)53(37-17-7-4-8-18-37)38-19-9-5-10-20-38/h4-34H,1-3H3. The van der Waals surface area contributed by atoms with E-state index in [-0.39, 0.29) is 5.41 Å². The molecule has 0 saturated carbocycles. The number of nitrogens with zero attached hydrogens (tertiary/aromatic N) is 2. The third-order valence-corrected chi connectivity index (χ3v) is 11.4. The van der Waals surface area contributed by atoms with Crippen LogP contribution in [-0.2, 0) is 5.41 Å². The van der Waals surface area contributed by atoms with E-state index < -0.39 is 0 Å². The van der Waals surface area contributed by atoms with Crippen LogP contribution in [0.25, 0.3) is 43.4 Å². The fourth-order valence-electron chi connectivity index (χ4n) is 9.10. The van der Waals surface area contributed by atoms with Gasteiger partial charge < -0.3 is 9.80 Å². The van der Waals surface area contributed by atoms with Crippen LogP contribution in [0.3, 0.4) is 0 Å². The predicted octanol–water partition coefficient (Wildman–Crippen LogP) is 14.7. The number of hydrogen-bond acceptors (Lipinski definition) is 2. The highest BCUT2D eigenvalue weighted by Gasteiger charge is 2.40. The number of para-hydroxylation sites is 3. The summed E-state index contributed by atoms with van der Waals surface area (Å²) in [7, 11) is 0. The topological polar surface area (TPSA) is 6.48 Å². The molecule has 0 atom stereocenters. The van der Waals surface area contributed by atoms with Crippen molar-refractivity contribution >= 4 is 66.4 Å². The minimum Gasteiger partial charge on any atom is -0.310 e. The minimum absolute atomic E-state index is 0.232. The van der Waals surface area contributed by atoms with Crippen LogP contribution in [0.5, 0.6) is 0 Å². The van der Waals surface area contributed by atoms with Crippen molar-refractivity contribution in [1.82, 2.24) is 0 Å². The average molecular weight is 693 g/mol. The molecule has 9 aromatic rings. The van der Waals surface area contributed by atoms with Gasteiger partial charge in [-0.15, -0.1) is 0 Å². The van der Waals surface area contributed by atoms with E-state index in [1.54, 1.807) is 0 Å². The summed E-state index contributed by atoms with van der Waals surface area (Å²) in [6.45, 7) is 7.01. The molecule has 1 aliphatic rings. The van der Waals surface area contributed by atoms with Crippen molar-refractivity contribution in [3.8, 4) is 11.1 Å². The van der Waals surface area contributed by atoms with Crippen molar-refractivity contribution in [2.75, 3.05) is 9.80 Å². The molecule has 0 N–H and O–H groups in total. The van der Waals surface area contributed by atoms with E-state index in [1.807, 2.05) is 0 Å². The largest absolute Gasteiger partial charge is 0.310 e. The fraction of sp³-hybridized carbons (Fsp3) is 0.0769. The summed E-state index contributed by atoms with van der Waals surface area (Å²) >= 11 is 0. The van der Waals surface area contributed by atoms with E-state index in [4.69, 9.17) is 0 Å². The van der Waals surface area contributed by atoms with Gasteiger partial charge in [0.05, 0.1) is 0 Å². The quantitative estimate of drug-likeness (QED) is 0.160. The van der Waals surface area contributed by atoms with Gasteiger partial charge in [-0.05, 0) is 140 Å². The number of fused-ring (bicyclic) bond motifs is 10. The summed E-state index contributed by atoms with van der Waals surface area (Å²) in [4.78, 5) is 4.73. The van der Waals surface area contributed by atoms with Gasteiger partial charge in [0, 0.05) is 39.5 Å². The molecule has 0 bridgehead atoms. The van der Waals surface area contributed by atoms with Gasteiger partial charge in [0.1, 0.15) is 0 Å². The predicted molar refractivity (Wildman–Crippen MR) is 231 cm³/mol. The van der Waals surface area contributed by atoms with Crippen molar-refractivity contribution in [2.45, 2.75) is 26.2 Å². The lowest BCUT2D eigenvalue weighted by molar-refractivity contribution is 0.672. The third kappa shape index (κ3) is 5.02. The van der Waals surface area contributed by atoms with Crippen LogP contribution in [0.15, 0.2) is 188 Å². The Balaban J connectivity index is 1.17. The number of benzene rings is 9. The molecule has 0 saturated heterocycles. The maximum absolute atomic E-state index is 2.43. The average Bonchev–Trinajstić information content (AvgIpc) is 3.46. The van der Waals surface area contributed by atoms with Gasteiger partial charge in [-0.3, -0.25) is 0 Å². The van der Waals surface area contributed by atoms with Crippen molar-refractivity contribution in [3.05, 3.63) is 205 Å². The van der Waals surface area contributed by atoms with Gasteiger partial charge >= 0.3 is 0 Å². The Morgan fingerprint density at radius 1 is 0.352 bits per heavy atom. The SMILES string of the molecule is Cc1cccc(N(c2ccccc2)c2ccc3c4c(ccc3c2)-c2c(c3ccc(N(c5ccccc5)c5ccccc5)cc3c3ccccc23)C4(C)C)c1. The zero-order chi connectivity index (χ0) is 36.4. The fourth-order valence-corrected chi connectivity index (χ4v) is 9.10. The van der Waals surface area contributed by atoms with E-state index in [9.17, 15) is 0 Å². The van der Waals surface area contributed by atoms with Crippen molar-refractivity contribution in [2.24, 2.45) is 0 Å². The van der Waals surface area contributed by atoms with E-state index in [1.165, 1.54) is 60.1 Å². The van der Waals surface area contributed by atoms with E-state index in [0.717, 1.165) is 34.1 Å². The smallest absolute Gasteiger partial charge is 0.0468 e. The second-order valence-electron chi connectivity index (χ2n) is 15.1. The first-order valence-corrected chi connectivity index (χ1v) is 18.9. The number of aryl methyl sites for hydroxylation is 1. The van der Waals surface area contributed by atoms with Crippen LogP contribution in [-0.4, -0.2) is 0 Å². The summed E-state index contributed by atoms with van der Waals surface area (Å²) in [6, 6.07) is 68.7. The first-order chi connectivity index (χ1) is 26.5. The summed E-state index contributed by atoms with van der Waals surface area (Å²) in [5, 5.41) is 7.74. The lowest BCUT2D eigenvalue weighted by Gasteiger charge is -2.28. The first-order valence-electron chi connectivity index (χ1n) is 18.9. The summed E-state index contributed by atoms with van der Waals surface area (Å²) < 4.78 is 0. The second-order valence-corrected chi connectivity index (χ2v) is 15.1. The highest BCUT2D eigenvalue weighted by atomic mass is 15.1. The van der Waals surface area contributed by atoms with Gasteiger partial charge in [-0.1, -0.05) is 129 Å². The molecular weight excluding hydrogens is 653 g/mol. The van der Waals surface area contributed by atoms with Gasteiger partial charge in [0.15, 0.2) is 0 Å². The molecule has 0 fully saturated rings. The Labute approximate surface area is 317 Å². The summed E-state index contributed by atoms with van der Waals surface area (Å²) in [6.07, 6.45) is 0. The number of rotatable bonds is 6. The maximum Gasteiger partial charge on any atom is 0.0468 e. The van der Waals surface area contributed by atoms with Crippen LogP contribution in [0.2, 0.25) is 0 Å². The zero-order valence-corrected chi connectivity index (χ0v) is 30.8. The van der Waals surface area contributed by atoms with Crippen LogP contribution in [0.4, 0.5) is 34.1 Å². The molecule has 258 valence electrons. The first kappa shape index (κ1) is 32.0. The molecule has 0 radical (unpaired) electrons. The highest BCUT2D eigenvalue weighted by molar-refractivity contribution is 6.20. The molecule has 0 aromatic heterocycles. The van der Waals surface area contributed by atoms with Crippen LogP contribution >= 0.6 is 0 Å². The Bertz CT molecular complexity index is 2820. The van der Waals surface area contributed by atoms with Crippen molar-refractivity contribution in [1.29, 1.82) is 0 Å². The third-order valence-electron chi connectivity index (χ3n) is 11.4. The summed E-state index contributed by atoms with van der Waals surface area (Å²) in [5.41, 5.74) is 13.4. The van der Waals surface area contributed by atoms with Crippen molar-refractivity contribution in [3.63, 3.8) is 0 Å². The van der Waals surface area contributed by atoms with E-state index in [0.29, 0.717) is 0 Å². The molecule has 0 unspecified atom stereocenters. The molecule has 1 aliphatic carbocycles. The van der Waals surface area contributed by atoms with Gasteiger partial charge in [-0.25, -0.2) is 0 Å². The Morgan fingerprint density at radius 2 is 0.870 bits per heavy atom. The molecular formula is C52H40N2. The van der Waals surface area contributed by atoms with Crippen molar-refractivity contribution < 1.29 is 0 Å². The van der Waals surface area contributed by atoms with Gasteiger partial charge in [0.25, 0.3) is 0 Å². The lowest BCUT2D eigenvalue weighted by atomic mass is 9.77. The van der Waals surface area contributed by atoms with E-state index in [2.05, 4.69) is 219 Å². The lowest BCUT2D eigenvalue weighted by Crippen LogP contribution is -2.16.